The van der Waals surface area contributed by atoms with Crippen LogP contribution >= 0.6 is 0 Å². The maximum absolute atomic E-state index is 5.67. The molecule has 4 nitrogen and oxygen atoms in total. The average molecular weight is 225 g/mol. The van der Waals surface area contributed by atoms with Crippen molar-refractivity contribution in [1.82, 2.24) is 9.78 Å². The average Bonchev–Trinajstić information content (AvgIpc) is 2.62. The minimum atomic E-state index is 0.00572. The van der Waals surface area contributed by atoms with Gasteiger partial charge in [0.1, 0.15) is 0 Å². The van der Waals surface area contributed by atoms with Gasteiger partial charge in [-0.3, -0.25) is 4.68 Å². The Morgan fingerprint density at radius 3 is 2.69 bits per heavy atom. The van der Waals surface area contributed by atoms with Gasteiger partial charge in [-0.25, -0.2) is 0 Å². The smallest absolute Gasteiger partial charge is 0.160 e. The van der Waals surface area contributed by atoms with Crippen LogP contribution in [0.1, 0.15) is 39.3 Å². The molecule has 0 aliphatic rings. The summed E-state index contributed by atoms with van der Waals surface area (Å²) >= 11 is 0. The lowest BCUT2D eigenvalue weighted by Crippen LogP contribution is -2.26. The van der Waals surface area contributed by atoms with Gasteiger partial charge in [0, 0.05) is 12.0 Å². The molecule has 0 aromatic carbocycles. The van der Waals surface area contributed by atoms with Crippen LogP contribution in [0.4, 0.5) is 0 Å². The van der Waals surface area contributed by atoms with Gasteiger partial charge in [-0.15, -0.1) is 0 Å². The van der Waals surface area contributed by atoms with E-state index in [1.165, 1.54) is 0 Å². The largest absolute Gasteiger partial charge is 0.493 e. The highest BCUT2D eigenvalue weighted by Gasteiger charge is 2.28. The summed E-state index contributed by atoms with van der Waals surface area (Å²) in [5.74, 6) is 0.868. The van der Waals surface area contributed by atoms with Crippen molar-refractivity contribution >= 4 is 0 Å². The molecule has 1 heterocycles. The van der Waals surface area contributed by atoms with E-state index in [9.17, 15) is 0 Å². The first-order valence-electron chi connectivity index (χ1n) is 5.87. The van der Waals surface area contributed by atoms with Gasteiger partial charge in [0.2, 0.25) is 0 Å². The lowest BCUT2D eigenvalue weighted by molar-refractivity contribution is 0.369. The second kappa shape index (κ2) is 5.34. The molecule has 92 valence electrons. The third-order valence-electron chi connectivity index (χ3n) is 2.87. The first kappa shape index (κ1) is 13.0. The van der Waals surface area contributed by atoms with Crippen molar-refractivity contribution in [1.29, 1.82) is 0 Å². The molecular weight excluding hydrogens is 202 g/mol. The van der Waals surface area contributed by atoms with Crippen molar-refractivity contribution in [3.05, 3.63) is 11.9 Å². The van der Waals surface area contributed by atoms with Gasteiger partial charge in [-0.2, -0.15) is 5.10 Å². The summed E-state index contributed by atoms with van der Waals surface area (Å²) in [6.07, 6.45) is 3.79. The highest BCUT2D eigenvalue weighted by atomic mass is 16.5. The number of ether oxygens (including phenoxy) is 1. The second-order valence-electron chi connectivity index (χ2n) is 4.71. The van der Waals surface area contributed by atoms with Gasteiger partial charge in [0.15, 0.2) is 5.75 Å². The van der Waals surface area contributed by atoms with Gasteiger partial charge < -0.3 is 10.5 Å². The number of hydrogen-bond donors (Lipinski definition) is 1. The van der Waals surface area contributed by atoms with E-state index in [4.69, 9.17) is 10.5 Å². The van der Waals surface area contributed by atoms with Gasteiger partial charge in [-0.05, 0) is 19.4 Å². The molecule has 4 heteroatoms. The lowest BCUT2D eigenvalue weighted by atomic mass is 9.85. The van der Waals surface area contributed by atoms with Gasteiger partial charge in [0.05, 0.1) is 19.0 Å². The molecule has 0 saturated heterocycles. The van der Waals surface area contributed by atoms with E-state index in [0.717, 1.165) is 30.8 Å². The van der Waals surface area contributed by atoms with Crippen molar-refractivity contribution in [3.63, 3.8) is 0 Å². The van der Waals surface area contributed by atoms with Crippen molar-refractivity contribution in [2.45, 2.75) is 45.6 Å². The first-order chi connectivity index (χ1) is 7.56. The zero-order valence-corrected chi connectivity index (χ0v) is 10.8. The fraction of sp³-hybridized carbons (Fsp3) is 0.750. The minimum Gasteiger partial charge on any atom is -0.493 e. The molecular formula is C12H23N3O. The van der Waals surface area contributed by atoms with Crippen LogP contribution in [0.5, 0.6) is 5.75 Å². The summed E-state index contributed by atoms with van der Waals surface area (Å²) in [5.41, 5.74) is 6.83. The van der Waals surface area contributed by atoms with E-state index in [1.54, 1.807) is 13.3 Å². The minimum absolute atomic E-state index is 0.00572. The Balaban J connectivity index is 3.11. The number of aryl methyl sites for hydroxylation is 1. The third-order valence-corrected chi connectivity index (χ3v) is 2.87. The fourth-order valence-corrected chi connectivity index (χ4v) is 2.06. The fourth-order valence-electron chi connectivity index (χ4n) is 2.06. The molecule has 2 N–H and O–H groups in total. The van der Waals surface area contributed by atoms with Crippen molar-refractivity contribution in [3.8, 4) is 5.75 Å². The Kier molecular flexibility index (Phi) is 4.35. The van der Waals surface area contributed by atoms with E-state index < -0.39 is 0 Å². The van der Waals surface area contributed by atoms with Gasteiger partial charge in [-0.1, -0.05) is 20.8 Å². The van der Waals surface area contributed by atoms with Gasteiger partial charge >= 0.3 is 0 Å². The van der Waals surface area contributed by atoms with Crippen LogP contribution in [0.2, 0.25) is 0 Å². The van der Waals surface area contributed by atoms with E-state index in [1.807, 2.05) is 4.68 Å². The van der Waals surface area contributed by atoms with Crippen LogP contribution in [0, 0.1) is 0 Å². The maximum Gasteiger partial charge on any atom is 0.160 e. The Morgan fingerprint density at radius 2 is 2.19 bits per heavy atom. The molecule has 0 saturated carbocycles. The normalized spacial score (nSPS) is 11.8. The van der Waals surface area contributed by atoms with Crippen LogP contribution in [0.25, 0.3) is 0 Å². The highest BCUT2D eigenvalue weighted by molar-refractivity contribution is 5.31. The van der Waals surface area contributed by atoms with Crippen molar-refractivity contribution < 1.29 is 4.74 Å². The Labute approximate surface area is 97.8 Å². The zero-order valence-electron chi connectivity index (χ0n) is 10.8. The number of methoxy groups -OCH3 is 1. The molecule has 1 aromatic heterocycles. The van der Waals surface area contributed by atoms with Crippen LogP contribution in [0.3, 0.4) is 0 Å². The predicted octanol–water partition coefficient (Wildman–Crippen LogP) is 1.93. The monoisotopic (exact) mass is 225 g/mol. The number of hydrogen-bond acceptors (Lipinski definition) is 3. The predicted molar refractivity (Wildman–Crippen MR) is 65.8 cm³/mol. The first-order valence-corrected chi connectivity index (χ1v) is 5.87. The standard InChI is InChI=1S/C12H23N3O/c1-5-8-15-11(10(16-4)9-14-15)12(2,3)6-7-13/h9H,5-8,13H2,1-4H3. The highest BCUT2D eigenvalue weighted by Crippen LogP contribution is 2.33. The molecule has 1 rings (SSSR count). The summed E-state index contributed by atoms with van der Waals surface area (Å²) < 4.78 is 7.42. The van der Waals surface area contributed by atoms with E-state index in [2.05, 4.69) is 25.9 Å². The summed E-state index contributed by atoms with van der Waals surface area (Å²) in [4.78, 5) is 0. The van der Waals surface area contributed by atoms with E-state index >= 15 is 0 Å². The molecule has 1 aromatic rings. The molecule has 0 atom stereocenters. The SMILES string of the molecule is CCCn1ncc(OC)c1C(C)(C)CCN. The number of rotatable bonds is 6. The summed E-state index contributed by atoms with van der Waals surface area (Å²) in [7, 11) is 1.69. The molecule has 16 heavy (non-hydrogen) atoms. The molecule has 0 radical (unpaired) electrons. The van der Waals surface area contributed by atoms with Crippen LogP contribution in [-0.4, -0.2) is 23.4 Å². The number of aromatic nitrogens is 2. The quantitative estimate of drug-likeness (QED) is 0.805. The molecule has 0 amide bonds. The summed E-state index contributed by atoms with van der Waals surface area (Å²) in [6, 6.07) is 0. The Morgan fingerprint density at radius 1 is 1.50 bits per heavy atom. The molecule has 0 spiro atoms. The van der Waals surface area contributed by atoms with Crippen LogP contribution < -0.4 is 10.5 Å². The van der Waals surface area contributed by atoms with E-state index in [0.29, 0.717) is 6.54 Å². The van der Waals surface area contributed by atoms with Crippen molar-refractivity contribution in [2.75, 3.05) is 13.7 Å². The lowest BCUT2D eigenvalue weighted by Gasteiger charge is -2.26. The molecule has 0 aliphatic carbocycles. The molecule has 0 fully saturated rings. The molecule has 0 unspecified atom stereocenters. The molecule has 0 aliphatic heterocycles. The third kappa shape index (κ3) is 2.55. The summed E-state index contributed by atoms with van der Waals surface area (Å²) in [5, 5.41) is 4.38. The second-order valence-corrected chi connectivity index (χ2v) is 4.71. The Bertz CT molecular complexity index is 331. The zero-order chi connectivity index (χ0) is 12.2. The van der Waals surface area contributed by atoms with E-state index in [-0.39, 0.29) is 5.41 Å². The number of nitrogens with two attached hydrogens (primary N) is 1. The topological polar surface area (TPSA) is 53.1 Å². The summed E-state index contributed by atoms with van der Waals surface area (Å²) in [6.45, 7) is 8.12. The van der Waals surface area contributed by atoms with Crippen LogP contribution in [-0.2, 0) is 12.0 Å². The van der Waals surface area contributed by atoms with Gasteiger partial charge in [0.25, 0.3) is 0 Å². The van der Waals surface area contributed by atoms with Crippen molar-refractivity contribution in [2.24, 2.45) is 5.73 Å². The van der Waals surface area contributed by atoms with Crippen LogP contribution in [0.15, 0.2) is 6.20 Å². The Hall–Kier alpha value is -1.03. The number of nitrogens with zero attached hydrogens (tertiary/aromatic N) is 2. The molecule has 0 bridgehead atoms. The maximum atomic E-state index is 5.67.